The Kier molecular flexibility index (Phi) is 3.72. The van der Waals surface area contributed by atoms with E-state index in [0.29, 0.717) is 18.2 Å². The standard InChI is InChI=1S/C13H16FN3/c1-16-13-2-3-17(9-13)8-11-4-10(7-15)5-12(14)6-11/h4-6,13,16H,2-3,8-9H2,1H3. The molecule has 0 radical (unpaired) electrons. The van der Waals surface area contributed by atoms with Crippen LogP contribution in [0.5, 0.6) is 0 Å². The highest BCUT2D eigenvalue weighted by Gasteiger charge is 2.20. The lowest BCUT2D eigenvalue weighted by atomic mass is 10.1. The summed E-state index contributed by atoms with van der Waals surface area (Å²) < 4.78 is 13.2. The van der Waals surface area contributed by atoms with Crippen molar-refractivity contribution in [1.82, 2.24) is 10.2 Å². The number of hydrogen-bond donors (Lipinski definition) is 1. The third kappa shape index (κ3) is 3.02. The van der Waals surface area contributed by atoms with Crippen LogP contribution in [0.25, 0.3) is 0 Å². The van der Waals surface area contributed by atoms with E-state index in [2.05, 4.69) is 10.2 Å². The minimum Gasteiger partial charge on any atom is -0.316 e. The van der Waals surface area contributed by atoms with Crippen molar-refractivity contribution in [2.24, 2.45) is 0 Å². The van der Waals surface area contributed by atoms with Crippen LogP contribution in [-0.4, -0.2) is 31.1 Å². The first-order valence-electron chi connectivity index (χ1n) is 5.80. The maximum atomic E-state index is 13.2. The fourth-order valence-corrected chi connectivity index (χ4v) is 2.28. The average Bonchev–Trinajstić information content (AvgIpc) is 2.76. The summed E-state index contributed by atoms with van der Waals surface area (Å²) in [4.78, 5) is 2.27. The van der Waals surface area contributed by atoms with Crippen molar-refractivity contribution in [3.05, 3.63) is 35.1 Å². The van der Waals surface area contributed by atoms with Gasteiger partial charge in [-0.05, 0) is 37.2 Å². The summed E-state index contributed by atoms with van der Waals surface area (Å²) in [6.07, 6.45) is 1.12. The van der Waals surface area contributed by atoms with Crippen molar-refractivity contribution in [2.45, 2.75) is 19.0 Å². The van der Waals surface area contributed by atoms with Crippen molar-refractivity contribution >= 4 is 0 Å². The van der Waals surface area contributed by atoms with Crippen molar-refractivity contribution in [2.75, 3.05) is 20.1 Å². The molecule has 1 saturated heterocycles. The van der Waals surface area contributed by atoms with Crippen LogP contribution in [0.1, 0.15) is 17.5 Å². The fourth-order valence-electron chi connectivity index (χ4n) is 2.28. The quantitative estimate of drug-likeness (QED) is 0.859. The zero-order valence-corrected chi connectivity index (χ0v) is 9.91. The maximum absolute atomic E-state index is 13.2. The van der Waals surface area contributed by atoms with Crippen molar-refractivity contribution in [3.63, 3.8) is 0 Å². The second kappa shape index (κ2) is 5.26. The number of nitrogens with zero attached hydrogens (tertiary/aromatic N) is 2. The molecule has 17 heavy (non-hydrogen) atoms. The molecule has 0 aliphatic carbocycles. The number of hydrogen-bond acceptors (Lipinski definition) is 3. The van der Waals surface area contributed by atoms with Crippen LogP contribution in [0.4, 0.5) is 4.39 Å². The average molecular weight is 233 g/mol. The Balaban J connectivity index is 2.04. The SMILES string of the molecule is CNC1CCN(Cc2cc(F)cc(C#N)c2)C1. The van der Waals surface area contributed by atoms with Crippen molar-refractivity contribution in [1.29, 1.82) is 5.26 Å². The van der Waals surface area contributed by atoms with E-state index in [1.807, 2.05) is 13.1 Å². The molecule has 1 heterocycles. The molecule has 4 heteroatoms. The van der Waals surface area contributed by atoms with Crippen LogP contribution in [0.3, 0.4) is 0 Å². The Morgan fingerprint density at radius 3 is 3.00 bits per heavy atom. The van der Waals surface area contributed by atoms with E-state index in [-0.39, 0.29) is 5.82 Å². The number of likely N-dealkylation sites (tertiary alicyclic amines) is 1. The lowest BCUT2D eigenvalue weighted by Crippen LogP contribution is -2.29. The molecule has 0 amide bonds. The van der Waals surface area contributed by atoms with Gasteiger partial charge in [0, 0.05) is 25.7 Å². The number of nitriles is 1. The van der Waals surface area contributed by atoms with Crippen LogP contribution in [0.2, 0.25) is 0 Å². The summed E-state index contributed by atoms with van der Waals surface area (Å²) >= 11 is 0. The molecule has 0 aromatic heterocycles. The zero-order chi connectivity index (χ0) is 12.3. The summed E-state index contributed by atoms with van der Waals surface area (Å²) in [6.45, 7) is 2.71. The molecule has 1 fully saturated rings. The summed E-state index contributed by atoms with van der Waals surface area (Å²) in [5, 5.41) is 12.0. The van der Waals surface area contributed by atoms with Gasteiger partial charge in [0.05, 0.1) is 11.6 Å². The summed E-state index contributed by atoms with van der Waals surface area (Å²) in [7, 11) is 1.96. The van der Waals surface area contributed by atoms with E-state index in [1.54, 1.807) is 6.07 Å². The van der Waals surface area contributed by atoms with Crippen molar-refractivity contribution < 1.29 is 4.39 Å². The number of halogens is 1. The molecule has 1 N–H and O–H groups in total. The number of benzene rings is 1. The maximum Gasteiger partial charge on any atom is 0.124 e. The predicted octanol–water partition coefficient (Wildman–Crippen LogP) is 1.49. The molecule has 1 aromatic rings. The molecule has 0 saturated carbocycles. The van der Waals surface area contributed by atoms with E-state index >= 15 is 0 Å². The Labute approximate surface area is 101 Å². The lowest BCUT2D eigenvalue weighted by Gasteiger charge is -2.16. The largest absolute Gasteiger partial charge is 0.316 e. The highest BCUT2D eigenvalue weighted by molar-refractivity contribution is 5.33. The van der Waals surface area contributed by atoms with Gasteiger partial charge in [0.1, 0.15) is 5.82 Å². The zero-order valence-electron chi connectivity index (χ0n) is 9.91. The molecule has 2 rings (SSSR count). The Bertz CT molecular complexity index is 439. The van der Waals surface area contributed by atoms with Gasteiger partial charge in [-0.3, -0.25) is 4.90 Å². The van der Waals surface area contributed by atoms with Gasteiger partial charge >= 0.3 is 0 Å². The molecule has 0 bridgehead atoms. The topological polar surface area (TPSA) is 39.1 Å². The molecule has 1 aromatic carbocycles. The van der Waals surface area contributed by atoms with Crippen LogP contribution in [0.15, 0.2) is 18.2 Å². The Hall–Kier alpha value is -1.44. The molecular weight excluding hydrogens is 217 g/mol. The van der Waals surface area contributed by atoms with Gasteiger partial charge in [-0.2, -0.15) is 5.26 Å². The molecule has 0 spiro atoms. The second-order valence-corrected chi connectivity index (χ2v) is 4.47. The first-order valence-corrected chi connectivity index (χ1v) is 5.80. The van der Waals surface area contributed by atoms with Gasteiger partial charge < -0.3 is 5.32 Å². The van der Waals surface area contributed by atoms with Gasteiger partial charge in [-0.15, -0.1) is 0 Å². The first kappa shape index (κ1) is 12.0. The van der Waals surface area contributed by atoms with Crippen LogP contribution >= 0.6 is 0 Å². The van der Waals surface area contributed by atoms with E-state index < -0.39 is 0 Å². The van der Waals surface area contributed by atoms with Crippen LogP contribution in [0, 0.1) is 17.1 Å². The normalized spacial score (nSPS) is 20.4. The molecule has 3 nitrogen and oxygen atoms in total. The monoisotopic (exact) mass is 233 g/mol. The second-order valence-electron chi connectivity index (χ2n) is 4.47. The molecule has 90 valence electrons. The molecule has 1 aliphatic rings. The van der Waals surface area contributed by atoms with Gasteiger partial charge in [0.15, 0.2) is 0 Å². The Morgan fingerprint density at radius 2 is 2.35 bits per heavy atom. The van der Waals surface area contributed by atoms with Gasteiger partial charge in [0.25, 0.3) is 0 Å². The van der Waals surface area contributed by atoms with E-state index in [0.717, 1.165) is 25.1 Å². The van der Waals surface area contributed by atoms with E-state index in [9.17, 15) is 4.39 Å². The Morgan fingerprint density at radius 1 is 1.53 bits per heavy atom. The molecular formula is C13H16FN3. The summed E-state index contributed by atoms with van der Waals surface area (Å²) in [5.74, 6) is -0.330. The highest BCUT2D eigenvalue weighted by Crippen LogP contribution is 2.15. The number of likely N-dealkylation sites (N-methyl/N-ethyl adjacent to an activating group) is 1. The highest BCUT2D eigenvalue weighted by atomic mass is 19.1. The fraction of sp³-hybridized carbons (Fsp3) is 0.462. The van der Waals surface area contributed by atoms with Crippen LogP contribution < -0.4 is 5.32 Å². The minimum absolute atomic E-state index is 0.330. The summed E-state index contributed by atoms with van der Waals surface area (Å²) in [5.41, 5.74) is 1.27. The molecule has 1 aliphatic heterocycles. The third-order valence-corrected chi connectivity index (χ3v) is 3.17. The number of rotatable bonds is 3. The first-order chi connectivity index (χ1) is 8.21. The van der Waals surface area contributed by atoms with Crippen LogP contribution in [-0.2, 0) is 6.54 Å². The minimum atomic E-state index is -0.330. The van der Waals surface area contributed by atoms with Gasteiger partial charge in [-0.25, -0.2) is 4.39 Å². The van der Waals surface area contributed by atoms with E-state index in [4.69, 9.17) is 5.26 Å². The smallest absolute Gasteiger partial charge is 0.124 e. The third-order valence-electron chi connectivity index (χ3n) is 3.17. The summed E-state index contributed by atoms with van der Waals surface area (Å²) in [6, 6.07) is 7.04. The predicted molar refractivity (Wildman–Crippen MR) is 63.9 cm³/mol. The van der Waals surface area contributed by atoms with Gasteiger partial charge in [-0.1, -0.05) is 0 Å². The molecule has 1 unspecified atom stereocenters. The van der Waals surface area contributed by atoms with E-state index in [1.165, 1.54) is 12.1 Å². The van der Waals surface area contributed by atoms with Gasteiger partial charge in [0.2, 0.25) is 0 Å². The number of nitrogens with one attached hydrogen (secondary N) is 1. The lowest BCUT2D eigenvalue weighted by molar-refractivity contribution is 0.322. The molecule has 1 atom stereocenters. The van der Waals surface area contributed by atoms with Crippen molar-refractivity contribution in [3.8, 4) is 6.07 Å².